The molecule has 5 heteroatoms. The lowest BCUT2D eigenvalue weighted by atomic mass is 10.0. The first kappa shape index (κ1) is 17.1. The summed E-state index contributed by atoms with van der Waals surface area (Å²) < 4.78 is 7.74. The lowest BCUT2D eigenvalue weighted by Crippen LogP contribution is -2.14. The quantitative estimate of drug-likeness (QED) is 0.469. The molecule has 5 nitrogen and oxygen atoms in total. The van der Waals surface area contributed by atoms with Crippen LogP contribution in [0.2, 0.25) is 0 Å². The highest BCUT2D eigenvalue weighted by atomic mass is 16.5. The topological polar surface area (TPSA) is 65.1 Å². The van der Waals surface area contributed by atoms with Crippen molar-refractivity contribution in [1.82, 2.24) is 9.78 Å². The molecule has 0 amide bonds. The van der Waals surface area contributed by atoms with Gasteiger partial charge in [-0.25, -0.2) is 4.68 Å². The number of fused-ring (bicyclic) bond motifs is 1. The Balaban J connectivity index is 1.39. The fourth-order valence-electron chi connectivity index (χ4n) is 3.42. The lowest BCUT2D eigenvalue weighted by molar-refractivity contribution is 0.483. The Labute approximate surface area is 169 Å². The third-order valence-electron chi connectivity index (χ3n) is 4.91. The van der Waals surface area contributed by atoms with Gasteiger partial charge in [-0.15, -0.1) is 0 Å². The van der Waals surface area contributed by atoms with E-state index in [9.17, 15) is 0 Å². The van der Waals surface area contributed by atoms with Crippen molar-refractivity contribution in [2.75, 3.05) is 17.6 Å². The molecule has 1 aromatic heterocycles. The van der Waals surface area contributed by atoms with Crippen molar-refractivity contribution in [3.8, 4) is 22.8 Å². The van der Waals surface area contributed by atoms with E-state index in [1.54, 1.807) is 0 Å². The van der Waals surface area contributed by atoms with Crippen molar-refractivity contribution in [3.05, 3.63) is 90.5 Å². The molecule has 0 atom stereocenters. The summed E-state index contributed by atoms with van der Waals surface area (Å²) >= 11 is 0. The minimum Gasteiger partial charge on any atom is -0.457 e. The Hall–Kier alpha value is -3.99. The van der Waals surface area contributed by atoms with Gasteiger partial charge in [-0.3, -0.25) is 0 Å². The second-order valence-electron chi connectivity index (χ2n) is 6.89. The zero-order valence-corrected chi connectivity index (χ0v) is 15.7. The molecule has 29 heavy (non-hydrogen) atoms. The first-order chi connectivity index (χ1) is 14.3. The molecule has 142 valence electrons. The van der Waals surface area contributed by atoms with Crippen molar-refractivity contribution in [1.29, 1.82) is 0 Å². The van der Waals surface area contributed by atoms with Gasteiger partial charge < -0.3 is 15.8 Å². The molecule has 1 aliphatic heterocycles. The number of nitrogens with zero attached hydrogens (tertiary/aromatic N) is 2. The normalized spacial score (nSPS) is 12.6. The van der Waals surface area contributed by atoms with Crippen LogP contribution < -0.4 is 15.8 Å². The molecule has 0 bridgehead atoms. The predicted octanol–water partition coefficient (Wildman–Crippen LogP) is 5.35. The fourth-order valence-corrected chi connectivity index (χ4v) is 3.42. The summed E-state index contributed by atoms with van der Waals surface area (Å²) in [6.07, 6.45) is 2.04. The third-order valence-corrected chi connectivity index (χ3v) is 4.91. The lowest BCUT2D eigenvalue weighted by Gasteiger charge is -2.17. The number of hydrogen-bond donors (Lipinski definition) is 2. The summed E-state index contributed by atoms with van der Waals surface area (Å²) in [4.78, 5) is 0. The van der Waals surface area contributed by atoms with E-state index in [4.69, 9.17) is 15.6 Å². The van der Waals surface area contributed by atoms with Gasteiger partial charge in [0.25, 0.3) is 0 Å². The number of nitrogen functional groups attached to an aromatic ring is 1. The third kappa shape index (κ3) is 3.46. The van der Waals surface area contributed by atoms with Crippen molar-refractivity contribution in [3.63, 3.8) is 0 Å². The summed E-state index contributed by atoms with van der Waals surface area (Å²) in [6, 6.07) is 27.6. The Morgan fingerprint density at radius 2 is 1.59 bits per heavy atom. The number of aromatic nitrogens is 2. The SMILES string of the molecule is Nc1ccccc1C1=Cn2nc(-c3ccc(Oc4ccccc4)cc3)cc2NC1. The molecule has 5 rings (SSSR count). The molecule has 0 radical (unpaired) electrons. The number of benzene rings is 3. The van der Waals surface area contributed by atoms with Crippen LogP contribution in [-0.4, -0.2) is 16.3 Å². The summed E-state index contributed by atoms with van der Waals surface area (Å²) in [5, 5.41) is 8.16. The van der Waals surface area contributed by atoms with Gasteiger partial charge in [-0.2, -0.15) is 5.10 Å². The summed E-state index contributed by atoms with van der Waals surface area (Å²) in [6.45, 7) is 0.712. The molecule has 0 unspecified atom stereocenters. The van der Waals surface area contributed by atoms with Gasteiger partial charge in [0.2, 0.25) is 0 Å². The average molecular weight is 380 g/mol. The van der Waals surface area contributed by atoms with Crippen molar-refractivity contribution >= 4 is 23.3 Å². The monoisotopic (exact) mass is 380 g/mol. The van der Waals surface area contributed by atoms with E-state index in [1.165, 1.54) is 0 Å². The van der Waals surface area contributed by atoms with Crippen molar-refractivity contribution in [2.45, 2.75) is 0 Å². The van der Waals surface area contributed by atoms with Crippen molar-refractivity contribution in [2.24, 2.45) is 0 Å². The van der Waals surface area contributed by atoms with Crippen LogP contribution in [0, 0.1) is 0 Å². The Morgan fingerprint density at radius 3 is 2.38 bits per heavy atom. The number of para-hydroxylation sites is 2. The molecule has 0 spiro atoms. The highest BCUT2D eigenvalue weighted by Gasteiger charge is 2.16. The second-order valence-corrected chi connectivity index (χ2v) is 6.89. The van der Waals surface area contributed by atoms with E-state index in [1.807, 2.05) is 89.7 Å². The largest absolute Gasteiger partial charge is 0.457 e. The Bertz CT molecular complexity index is 1180. The molecule has 0 fully saturated rings. The van der Waals surface area contributed by atoms with Gasteiger partial charge in [-0.05, 0) is 48.0 Å². The number of anilines is 2. The number of rotatable bonds is 4. The van der Waals surface area contributed by atoms with Crippen LogP contribution >= 0.6 is 0 Å². The van der Waals surface area contributed by atoms with Crippen molar-refractivity contribution < 1.29 is 4.74 Å². The Kier molecular flexibility index (Phi) is 4.26. The summed E-state index contributed by atoms with van der Waals surface area (Å²) in [7, 11) is 0. The van der Waals surface area contributed by atoms with Gasteiger partial charge in [0.05, 0.1) is 5.69 Å². The second kappa shape index (κ2) is 7.20. The summed E-state index contributed by atoms with van der Waals surface area (Å²) in [5.41, 5.74) is 11.0. The maximum Gasteiger partial charge on any atom is 0.129 e. The molecule has 2 heterocycles. The minimum atomic E-state index is 0.712. The predicted molar refractivity (Wildman–Crippen MR) is 118 cm³/mol. The van der Waals surface area contributed by atoms with Crippen LogP contribution in [0.3, 0.4) is 0 Å². The number of nitrogens with one attached hydrogen (secondary N) is 1. The molecule has 3 N–H and O–H groups in total. The molecule has 0 aliphatic carbocycles. The van der Waals surface area contributed by atoms with Crippen LogP contribution in [0.4, 0.5) is 11.5 Å². The van der Waals surface area contributed by atoms with Gasteiger partial charge in [0.15, 0.2) is 0 Å². The molecule has 4 aromatic rings. The van der Waals surface area contributed by atoms with Crippen LogP contribution in [0.5, 0.6) is 11.5 Å². The smallest absolute Gasteiger partial charge is 0.129 e. The van der Waals surface area contributed by atoms with Gasteiger partial charge in [-0.1, -0.05) is 36.4 Å². The van der Waals surface area contributed by atoms with Gasteiger partial charge in [0, 0.05) is 35.6 Å². The van der Waals surface area contributed by atoms with E-state index in [-0.39, 0.29) is 0 Å². The zero-order chi connectivity index (χ0) is 19.6. The maximum absolute atomic E-state index is 6.13. The summed E-state index contributed by atoms with van der Waals surface area (Å²) in [5.74, 6) is 2.58. The molecule has 1 aliphatic rings. The van der Waals surface area contributed by atoms with E-state index in [2.05, 4.69) is 11.4 Å². The highest BCUT2D eigenvalue weighted by Crippen LogP contribution is 2.31. The standard InChI is InChI=1S/C24H20N4O/c25-22-9-5-4-8-21(22)18-15-26-24-14-23(27-28(24)16-18)17-10-12-20(13-11-17)29-19-6-2-1-3-7-19/h1-14,16,26H,15,25H2. The highest BCUT2D eigenvalue weighted by molar-refractivity contribution is 5.86. The number of hydrogen-bond acceptors (Lipinski definition) is 4. The van der Waals surface area contributed by atoms with Gasteiger partial charge in [0.1, 0.15) is 17.3 Å². The Morgan fingerprint density at radius 1 is 0.862 bits per heavy atom. The van der Waals surface area contributed by atoms with Crippen LogP contribution in [0.1, 0.15) is 5.56 Å². The zero-order valence-electron chi connectivity index (χ0n) is 15.7. The van der Waals surface area contributed by atoms with E-state index < -0.39 is 0 Å². The van der Waals surface area contributed by atoms with E-state index >= 15 is 0 Å². The van der Waals surface area contributed by atoms with E-state index in [0.717, 1.165) is 45.4 Å². The first-order valence-corrected chi connectivity index (χ1v) is 9.48. The average Bonchev–Trinajstić information content (AvgIpc) is 3.19. The minimum absolute atomic E-state index is 0.712. The first-order valence-electron chi connectivity index (χ1n) is 9.48. The van der Waals surface area contributed by atoms with Crippen LogP contribution in [-0.2, 0) is 0 Å². The molecule has 3 aromatic carbocycles. The molecular weight excluding hydrogens is 360 g/mol. The molecule has 0 saturated heterocycles. The molecular formula is C24H20N4O. The van der Waals surface area contributed by atoms with Crippen LogP contribution in [0.15, 0.2) is 84.9 Å². The van der Waals surface area contributed by atoms with Gasteiger partial charge >= 0.3 is 0 Å². The van der Waals surface area contributed by atoms with E-state index in [0.29, 0.717) is 6.54 Å². The number of nitrogens with two attached hydrogens (primary N) is 1. The number of ether oxygens (including phenoxy) is 1. The maximum atomic E-state index is 6.13. The van der Waals surface area contributed by atoms with Crippen LogP contribution in [0.25, 0.3) is 23.0 Å². The fraction of sp³-hybridized carbons (Fsp3) is 0.0417. The molecule has 0 saturated carbocycles.